The van der Waals surface area contributed by atoms with E-state index >= 15 is 0 Å². The Morgan fingerprint density at radius 1 is 0.794 bits per heavy atom. The van der Waals surface area contributed by atoms with Gasteiger partial charge < -0.3 is 5.32 Å². The van der Waals surface area contributed by atoms with Crippen LogP contribution in [0.25, 0.3) is 11.1 Å². The molecule has 0 saturated heterocycles. The maximum atomic E-state index is 4.60. The van der Waals surface area contributed by atoms with Crippen LogP contribution in [0.4, 0.5) is 0 Å². The number of allylic oxidation sites excluding steroid dienone is 2. The maximum Gasteiger partial charge on any atom is 0.0582 e. The summed E-state index contributed by atoms with van der Waals surface area (Å²) in [4.78, 5) is 0. The lowest BCUT2D eigenvalue weighted by Crippen LogP contribution is -2.35. The third-order valence-corrected chi connectivity index (χ3v) is 7.26. The quantitative estimate of drug-likeness (QED) is 0.440. The first kappa shape index (κ1) is 26.2. The van der Waals surface area contributed by atoms with E-state index in [-0.39, 0.29) is 16.9 Å². The molecule has 0 spiro atoms. The Balaban J connectivity index is 1.95. The Hall–Kier alpha value is -2.38. The molecule has 0 aromatic heterocycles. The van der Waals surface area contributed by atoms with Gasteiger partial charge in [-0.3, -0.25) is 0 Å². The molecule has 34 heavy (non-hydrogen) atoms. The summed E-state index contributed by atoms with van der Waals surface area (Å²) in [6.07, 6.45) is 6.95. The lowest BCUT2D eigenvalue weighted by atomic mass is 9.80. The molecule has 0 fully saturated rings. The van der Waals surface area contributed by atoms with Crippen LogP contribution in [0.5, 0.6) is 0 Å². The molecule has 1 aliphatic carbocycles. The van der Waals surface area contributed by atoms with E-state index < -0.39 is 0 Å². The van der Waals surface area contributed by atoms with Gasteiger partial charge >= 0.3 is 0 Å². The molecule has 0 amide bonds. The van der Waals surface area contributed by atoms with Gasteiger partial charge in [-0.15, -0.1) is 0 Å². The van der Waals surface area contributed by atoms with Crippen LogP contribution in [-0.2, 0) is 10.8 Å². The van der Waals surface area contributed by atoms with Crippen LogP contribution < -0.4 is 5.32 Å². The van der Waals surface area contributed by atoms with E-state index in [1.165, 1.54) is 46.2 Å². The van der Waals surface area contributed by atoms with Crippen molar-refractivity contribution in [3.8, 4) is 0 Å². The fraction of sp³-hybridized carbons (Fsp3) is 0.455. The predicted octanol–water partition coefficient (Wildman–Crippen LogP) is 8.71. The van der Waals surface area contributed by atoms with Gasteiger partial charge in [-0.2, -0.15) is 0 Å². The Kier molecular flexibility index (Phi) is 8.09. The van der Waals surface area contributed by atoms with E-state index in [0.717, 1.165) is 18.0 Å². The fourth-order valence-corrected chi connectivity index (χ4v) is 4.49. The largest absolute Gasteiger partial charge is 0.306 e. The maximum absolute atomic E-state index is 4.60. The first-order chi connectivity index (χ1) is 15.9. The summed E-state index contributed by atoms with van der Waals surface area (Å²) < 4.78 is 0. The molecule has 2 atom stereocenters. The van der Waals surface area contributed by atoms with Gasteiger partial charge in [0.15, 0.2) is 0 Å². The van der Waals surface area contributed by atoms with E-state index in [4.69, 9.17) is 0 Å². The molecular weight excluding hydrogens is 410 g/mol. The summed E-state index contributed by atoms with van der Waals surface area (Å²) in [6.45, 7) is 23.8. The molecule has 1 heteroatoms. The van der Waals surface area contributed by atoms with Crippen LogP contribution in [0.3, 0.4) is 0 Å². The molecule has 2 unspecified atom stereocenters. The molecule has 0 saturated carbocycles. The SMILES string of the molecule is C=C1C(c2ccc(C(C)(C)C)cc2)=CC=C(c2ccc(C(C)(C)C)cc2)C1NCCC(C)CC. The second-order valence-electron chi connectivity index (χ2n) is 12.1. The topological polar surface area (TPSA) is 12.0 Å². The molecule has 1 aliphatic rings. The minimum Gasteiger partial charge on any atom is -0.306 e. The van der Waals surface area contributed by atoms with Gasteiger partial charge in [0, 0.05) is 0 Å². The van der Waals surface area contributed by atoms with Crippen molar-refractivity contribution in [1.82, 2.24) is 5.32 Å². The van der Waals surface area contributed by atoms with Crippen molar-refractivity contribution in [2.45, 2.75) is 85.1 Å². The number of rotatable bonds is 7. The van der Waals surface area contributed by atoms with Crippen LogP contribution in [0.2, 0.25) is 0 Å². The van der Waals surface area contributed by atoms with Crippen LogP contribution in [0, 0.1) is 5.92 Å². The summed E-state index contributed by atoms with van der Waals surface area (Å²) in [5, 5.41) is 3.86. The van der Waals surface area contributed by atoms with E-state index in [9.17, 15) is 0 Å². The van der Waals surface area contributed by atoms with E-state index in [1.807, 2.05) is 0 Å². The minimum atomic E-state index is 0.117. The average Bonchev–Trinajstić information content (AvgIpc) is 2.79. The third-order valence-electron chi connectivity index (χ3n) is 7.26. The van der Waals surface area contributed by atoms with Gasteiger partial charge in [-0.1, -0.05) is 129 Å². The molecule has 1 N–H and O–H groups in total. The second-order valence-corrected chi connectivity index (χ2v) is 12.1. The summed E-state index contributed by atoms with van der Waals surface area (Å²) in [5.74, 6) is 0.725. The summed E-state index contributed by atoms with van der Waals surface area (Å²) in [5.41, 5.74) is 9.25. The predicted molar refractivity (Wildman–Crippen MR) is 151 cm³/mol. The van der Waals surface area contributed by atoms with Crippen LogP contribution >= 0.6 is 0 Å². The van der Waals surface area contributed by atoms with E-state index in [0.29, 0.717) is 0 Å². The highest BCUT2D eigenvalue weighted by molar-refractivity contribution is 5.91. The average molecular weight is 456 g/mol. The number of benzene rings is 2. The van der Waals surface area contributed by atoms with Crippen LogP contribution in [-0.4, -0.2) is 12.6 Å². The highest BCUT2D eigenvalue weighted by Gasteiger charge is 2.26. The lowest BCUT2D eigenvalue weighted by molar-refractivity contribution is 0.485. The minimum absolute atomic E-state index is 0.117. The van der Waals surface area contributed by atoms with Gasteiger partial charge in [0.25, 0.3) is 0 Å². The molecular formula is C33H45N. The van der Waals surface area contributed by atoms with Crippen molar-refractivity contribution in [3.63, 3.8) is 0 Å². The molecule has 0 aliphatic heterocycles. The van der Waals surface area contributed by atoms with E-state index in [2.05, 4.69) is 128 Å². The van der Waals surface area contributed by atoms with Crippen LogP contribution in [0.1, 0.15) is 90.5 Å². The zero-order valence-electron chi connectivity index (χ0n) is 22.8. The molecule has 3 rings (SSSR count). The van der Waals surface area contributed by atoms with E-state index in [1.54, 1.807) is 0 Å². The first-order valence-corrected chi connectivity index (χ1v) is 13.0. The molecule has 2 aromatic rings. The standard InChI is InChI=1S/C33H45N/c1-10-23(2)21-22-34-31-24(3)29(25-11-15-27(16-12-25)32(4,5)6)19-20-30(31)26-13-17-28(18-14-26)33(7,8)9/h11-20,23,31,34H,3,10,21-22H2,1-2,4-9H3. The second kappa shape index (κ2) is 10.5. The monoisotopic (exact) mass is 455 g/mol. The van der Waals surface area contributed by atoms with Crippen molar-refractivity contribution in [2.75, 3.05) is 6.54 Å². The van der Waals surface area contributed by atoms with Gasteiger partial charge in [0.1, 0.15) is 0 Å². The fourth-order valence-electron chi connectivity index (χ4n) is 4.49. The Morgan fingerprint density at radius 2 is 1.29 bits per heavy atom. The van der Waals surface area contributed by atoms with Gasteiger partial charge in [-0.25, -0.2) is 0 Å². The normalized spacial score (nSPS) is 17.9. The third kappa shape index (κ3) is 6.19. The van der Waals surface area contributed by atoms with Crippen molar-refractivity contribution >= 4 is 11.1 Å². The van der Waals surface area contributed by atoms with Gasteiger partial charge in [0.05, 0.1) is 6.04 Å². The Morgan fingerprint density at radius 3 is 1.76 bits per heavy atom. The lowest BCUT2D eigenvalue weighted by Gasteiger charge is -2.30. The zero-order chi connectivity index (χ0) is 25.1. The smallest absolute Gasteiger partial charge is 0.0582 e. The Labute approximate surface area is 209 Å². The van der Waals surface area contributed by atoms with Crippen molar-refractivity contribution in [3.05, 3.63) is 95.1 Å². The van der Waals surface area contributed by atoms with Gasteiger partial charge in [-0.05, 0) is 68.7 Å². The van der Waals surface area contributed by atoms with Crippen molar-refractivity contribution in [2.24, 2.45) is 5.92 Å². The Bertz CT molecular complexity index is 1030. The molecule has 0 radical (unpaired) electrons. The number of nitrogens with one attached hydrogen (secondary N) is 1. The summed E-state index contributed by atoms with van der Waals surface area (Å²) >= 11 is 0. The summed E-state index contributed by atoms with van der Waals surface area (Å²) in [7, 11) is 0. The molecule has 2 aromatic carbocycles. The van der Waals surface area contributed by atoms with Crippen molar-refractivity contribution in [1.29, 1.82) is 0 Å². The molecule has 182 valence electrons. The first-order valence-electron chi connectivity index (χ1n) is 13.0. The highest BCUT2D eigenvalue weighted by Crippen LogP contribution is 2.37. The van der Waals surface area contributed by atoms with Crippen LogP contribution in [0.15, 0.2) is 72.8 Å². The molecule has 1 nitrogen and oxygen atoms in total. The number of hydrogen-bond donors (Lipinski definition) is 1. The highest BCUT2D eigenvalue weighted by atomic mass is 14.9. The van der Waals surface area contributed by atoms with Gasteiger partial charge in [0.2, 0.25) is 0 Å². The van der Waals surface area contributed by atoms with Crippen molar-refractivity contribution < 1.29 is 0 Å². The molecule has 0 bridgehead atoms. The number of hydrogen-bond acceptors (Lipinski definition) is 1. The zero-order valence-corrected chi connectivity index (χ0v) is 22.8. The summed E-state index contributed by atoms with van der Waals surface area (Å²) in [6, 6.07) is 18.3. The molecule has 0 heterocycles.